The smallest absolute Gasteiger partial charge is 0.237 e. The van der Waals surface area contributed by atoms with Gasteiger partial charge in [0.05, 0.1) is 13.7 Å². The molecule has 1 amide bonds. The highest BCUT2D eigenvalue weighted by Crippen LogP contribution is 2.29. The van der Waals surface area contributed by atoms with E-state index in [2.05, 4.69) is 17.0 Å². The third-order valence-corrected chi connectivity index (χ3v) is 4.52. The van der Waals surface area contributed by atoms with E-state index in [9.17, 15) is 4.79 Å². The standard InChI is InChI=1S/C21H26N2O2/c1-22(14-17-6-4-3-5-7-17)16-21(24)23(19-10-11-19)15-18-8-12-20(25-2)13-9-18/h3-9,12-13,19H,10-11,14-16H2,1-2H3. The highest BCUT2D eigenvalue weighted by atomic mass is 16.5. The second-order valence-electron chi connectivity index (χ2n) is 6.76. The first kappa shape index (κ1) is 17.5. The van der Waals surface area contributed by atoms with Crippen molar-refractivity contribution in [2.24, 2.45) is 0 Å². The van der Waals surface area contributed by atoms with Crippen LogP contribution in [0.4, 0.5) is 0 Å². The van der Waals surface area contributed by atoms with Crippen LogP contribution in [0.2, 0.25) is 0 Å². The van der Waals surface area contributed by atoms with Crippen molar-refractivity contribution in [2.75, 3.05) is 20.7 Å². The molecule has 0 aliphatic heterocycles. The number of nitrogens with zero attached hydrogens (tertiary/aromatic N) is 2. The van der Waals surface area contributed by atoms with Crippen molar-refractivity contribution < 1.29 is 9.53 Å². The topological polar surface area (TPSA) is 32.8 Å². The summed E-state index contributed by atoms with van der Waals surface area (Å²) in [5, 5.41) is 0. The fraction of sp³-hybridized carbons (Fsp3) is 0.381. The second kappa shape index (κ2) is 8.17. The highest BCUT2D eigenvalue weighted by Gasteiger charge is 2.32. The molecular weight excluding hydrogens is 312 g/mol. The lowest BCUT2D eigenvalue weighted by molar-refractivity contribution is -0.133. The molecule has 0 N–H and O–H groups in total. The Hall–Kier alpha value is -2.33. The summed E-state index contributed by atoms with van der Waals surface area (Å²) in [7, 11) is 3.67. The number of rotatable bonds is 8. The number of benzene rings is 2. The van der Waals surface area contributed by atoms with E-state index in [1.54, 1.807) is 7.11 Å². The predicted molar refractivity (Wildman–Crippen MR) is 99.3 cm³/mol. The van der Waals surface area contributed by atoms with E-state index in [0.29, 0.717) is 19.1 Å². The Bertz CT molecular complexity index is 681. The van der Waals surface area contributed by atoms with Gasteiger partial charge in [0.1, 0.15) is 5.75 Å². The summed E-state index contributed by atoms with van der Waals surface area (Å²) >= 11 is 0. The quantitative estimate of drug-likeness (QED) is 0.740. The molecule has 1 fully saturated rings. The third-order valence-electron chi connectivity index (χ3n) is 4.52. The molecule has 0 atom stereocenters. The predicted octanol–water partition coefficient (Wildman–Crippen LogP) is 3.32. The van der Waals surface area contributed by atoms with Crippen molar-refractivity contribution in [1.82, 2.24) is 9.80 Å². The van der Waals surface area contributed by atoms with Gasteiger partial charge in [0.15, 0.2) is 0 Å². The highest BCUT2D eigenvalue weighted by molar-refractivity contribution is 5.79. The fourth-order valence-corrected chi connectivity index (χ4v) is 3.01. The first-order valence-electron chi connectivity index (χ1n) is 8.80. The number of methoxy groups -OCH3 is 1. The lowest BCUT2D eigenvalue weighted by atomic mass is 10.2. The van der Waals surface area contributed by atoms with Gasteiger partial charge in [-0.15, -0.1) is 0 Å². The Labute approximate surface area is 150 Å². The van der Waals surface area contributed by atoms with Crippen LogP contribution >= 0.6 is 0 Å². The van der Waals surface area contributed by atoms with Crippen LogP contribution in [0.3, 0.4) is 0 Å². The monoisotopic (exact) mass is 338 g/mol. The maximum atomic E-state index is 12.8. The molecule has 1 aliphatic rings. The first-order valence-corrected chi connectivity index (χ1v) is 8.80. The molecular formula is C21H26N2O2. The van der Waals surface area contributed by atoms with Crippen LogP contribution in [-0.2, 0) is 17.9 Å². The van der Waals surface area contributed by atoms with E-state index >= 15 is 0 Å². The molecule has 0 radical (unpaired) electrons. The molecule has 0 aromatic heterocycles. The average molecular weight is 338 g/mol. The summed E-state index contributed by atoms with van der Waals surface area (Å²) < 4.78 is 5.20. The van der Waals surface area contributed by atoms with Gasteiger partial charge in [0, 0.05) is 19.1 Å². The normalized spacial score (nSPS) is 13.7. The Morgan fingerprint density at radius 3 is 2.24 bits per heavy atom. The van der Waals surface area contributed by atoms with E-state index < -0.39 is 0 Å². The number of hydrogen-bond donors (Lipinski definition) is 0. The molecule has 1 aliphatic carbocycles. The Morgan fingerprint density at radius 2 is 1.64 bits per heavy atom. The van der Waals surface area contributed by atoms with Crippen molar-refractivity contribution in [1.29, 1.82) is 0 Å². The lowest BCUT2D eigenvalue weighted by Gasteiger charge is -2.26. The molecule has 2 aromatic rings. The molecule has 132 valence electrons. The largest absolute Gasteiger partial charge is 0.497 e. The van der Waals surface area contributed by atoms with Gasteiger partial charge in [-0.1, -0.05) is 42.5 Å². The zero-order valence-corrected chi connectivity index (χ0v) is 15.0. The Kier molecular flexibility index (Phi) is 5.71. The maximum Gasteiger partial charge on any atom is 0.237 e. The number of carbonyl (C=O) groups is 1. The van der Waals surface area contributed by atoms with E-state index in [1.807, 2.05) is 54.4 Å². The van der Waals surface area contributed by atoms with Gasteiger partial charge in [-0.3, -0.25) is 9.69 Å². The van der Waals surface area contributed by atoms with Gasteiger partial charge in [-0.25, -0.2) is 0 Å². The molecule has 0 bridgehead atoms. The third kappa shape index (κ3) is 5.07. The van der Waals surface area contributed by atoms with Gasteiger partial charge < -0.3 is 9.64 Å². The minimum atomic E-state index is 0.205. The number of carbonyl (C=O) groups excluding carboxylic acids is 1. The molecule has 2 aromatic carbocycles. The summed E-state index contributed by atoms with van der Waals surface area (Å²) in [6.45, 7) is 1.90. The molecule has 25 heavy (non-hydrogen) atoms. The molecule has 4 heteroatoms. The van der Waals surface area contributed by atoms with Gasteiger partial charge in [0.2, 0.25) is 5.91 Å². The van der Waals surface area contributed by atoms with E-state index in [-0.39, 0.29) is 5.91 Å². The summed E-state index contributed by atoms with van der Waals surface area (Å²) in [5.74, 6) is 1.05. The van der Waals surface area contributed by atoms with Crippen LogP contribution in [0, 0.1) is 0 Å². The van der Waals surface area contributed by atoms with Crippen LogP contribution in [0.1, 0.15) is 24.0 Å². The summed E-state index contributed by atoms with van der Waals surface area (Å²) in [5.41, 5.74) is 2.37. The zero-order chi connectivity index (χ0) is 17.6. The number of likely N-dealkylation sites (N-methyl/N-ethyl adjacent to an activating group) is 1. The fourth-order valence-electron chi connectivity index (χ4n) is 3.01. The van der Waals surface area contributed by atoms with Gasteiger partial charge in [0.25, 0.3) is 0 Å². The molecule has 1 saturated carbocycles. The minimum absolute atomic E-state index is 0.205. The Balaban J connectivity index is 1.58. The average Bonchev–Trinajstić information content (AvgIpc) is 3.45. The van der Waals surface area contributed by atoms with E-state index in [4.69, 9.17) is 4.74 Å². The summed E-state index contributed by atoms with van der Waals surface area (Å²) in [4.78, 5) is 16.9. The van der Waals surface area contributed by atoms with Crippen LogP contribution in [0.15, 0.2) is 54.6 Å². The molecule has 0 heterocycles. The SMILES string of the molecule is COc1ccc(CN(C(=O)CN(C)Cc2ccccc2)C2CC2)cc1. The van der Waals surface area contributed by atoms with Crippen molar-refractivity contribution in [3.05, 3.63) is 65.7 Å². The lowest BCUT2D eigenvalue weighted by Crippen LogP contribution is -2.39. The van der Waals surface area contributed by atoms with Crippen molar-refractivity contribution >= 4 is 5.91 Å². The van der Waals surface area contributed by atoms with Gasteiger partial charge in [-0.05, 0) is 43.1 Å². The van der Waals surface area contributed by atoms with E-state index in [1.165, 1.54) is 5.56 Å². The minimum Gasteiger partial charge on any atom is -0.497 e. The van der Waals surface area contributed by atoms with Gasteiger partial charge >= 0.3 is 0 Å². The van der Waals surface area contributed by atoms with Crippen LogP contribution in [-0.4, -0.2) is 42.5 Å². The van der Waals surface area contributed by atoms with Crippen molar-refractivity contribution in [2.45, 2.75) is 32.0 Å². The maximum absolute atomic E-state index is 12.8. The molecule has 4 nitrogen and oxygen atoms in total. The number of hydrogen-bond acceptors (Lipinski definition) is 3. The molecule has 3 rings (SSSR count). The summed E-state index contributed by atoms with van der Waals surface area (Å²) in [6.07, 6.45) is 2.23. The number of amides is 1. The van der Waals surface area contributed by atoms with Crippen molar-refractivity contribution in [3.63, 3.8) is 0 Å². The number of ether oxygens (including phenoxy) is 1. The summed E-state index contributed by atoms with van der Waals surface area (Å²) in [6, 6.07) is 18.6. The second-order valence-corrected chi connectivity index (χ2v) is 6.76. The zero-order valence-electron chi connectivity index (χ0n) is 15.0. The van der Waals surface area contributed by atoms with E-state index in [0.717, 1.165) is 30.7 Å². The Morgan fingerprint density at radius 1 is 1.00 bits per heavy atom. The van der Waals surface area contributed by atoms with Gasteiger partial charge in [-0.2, -0.15) is 0 Å². The molecule has 0 saturated heterocycles. The van der Waals surface area contributed by atoms with Crippen LogP contribution in [0.25, 0.3) is 0 Å². The van der Waals surface area contributed by atoms with Crippen molar-refractivity contribution in [3.8, 4) is 5.75 Å². The molecule has 0 spiro atoms. The van der Waals surface area contributed by atoms with Crippen LogP contribution in [0.5, 0.6) is 5.75 Å². The molecule has 0 unspecified atom stereocenters. The van der Waals surface area contributed by atoms with Crippen LogP contribution < -0.4 is 4.74 Å². The first-order chi connectivity index (χ1) is 12.2.